The second-order valence-corrected chi connectivity index (χ2v) is 6.96. The van der Waals surface area contributed by atoms with E-state index in [4.69, 9.17) is 4.84 Å². The minimum atomic E-state index is -0.0618. The molecule has 0 aliphatic carbocycles. The summed E-state index contributed by atoms with van der Waals surface area (Å²) in [6.07, 6.45) is 3.00. The molecule has 1 aromatic rings. The normalized spacial score (nSPS) is 23.5. The summed E-state index contributed by atoms with van der Waals surface area (Å²) in [6.45, 7) is 3.80. The van der Waals surface area contributed by atoms with Gasteiger partial charge in [-0.2, -0.15) is 0 Å². The quantitative estimate of drug-likeness (QED) is 0.446. The standard InChI is InChI=1S/C17H19IN2O2/c1-10(20-22-2)17(21)16-14(9-13-7-8-15(16)19-13)11-3-5-12(18)6-4-11/h3-6,13,15,19-20H,1,7-9H2,2H3/t13?,15-/m0/s1. The average Bonchev–Trinajstić information content (AvgIpc) is 2.89. The van der Waals surface area contributed by atoms with Crippen LogP contribution in [0.25, 0.3) is 5.57 Å². The second kappa shape index (κ2) is 6.52. The van der Waals surface area contributed by atoms with E-state index in [9.17, 15) is 4.79 Å². The summed E-state index contributed by atoms with van der Waals surface area (Å²) in [5.41, 5.74) is 5.97. The van der Waals surface area contributed by atoms with Crippen molar-refractivity contribution in [2.45, 2.75) is 31.3 Å². The molecule has 2 heterocycles. The molecule has 22 heavy (non-hydrogen) atoms. The molecule has 1 aromatic carbocycles. The molecule has 0 aromatic heterocycles. The zero-order valence-corrected chi connectivity index (χ0v) is 14.6. The van der Waals surface area contributed by atoms with Crippen LogP contribution < -0.4 is 10.8 Å². The number of allylic oxidation sites excluding steroid dienone is 1. The van der Waals surface area contributed by atoms with Crippen molar-refractivity contribution in [2.75, 3.05) is 7.11 Å². The van der Waals surface area contributed by atoms with Gasteiger partial charge >= 0.3 is 0 Å². The minimum Gasteiger partial charge on any atom is -0.307 e. The Bertz CT molecular complexity index is 637. The van der Waals surface area contributed by atoms with E-state index in [1.165, 1.54) is 10.7 Å². The molecule has 1 fully saturated rings. The van der Waals surface area contributed by atoms with Crippen LogP contribution in [-0.4, -0.2) is 25.0 Å². The Hall–Kier alpha value is -1.18. The van der Waals surface area contributed by atoms with Crippen LogP contribution >= 0.6 is 22.6 Å². The molecule has 2 atom stereocenters. The highest BCUT2D eigenvalue weighted by molar-refractivity contribution is 14.1. The van der Waals surface area contributed by atoms with Crippen LogP contribution in [-0.2, 0) is 9.63 Å². The van der Waals surface area contributed by atoms with Gasteiger partial charge in [0.25, 0.3) is 0 Å². The number of ketones is 1. The number of benzene rings is 1. The Kier molecular flexibility index (Phi) is 4.65. The zero-order valence-electron chi connectivity index (χ0n) is 12.5. The van der Waals surface area contributed by atoms with Crippen LogP contribution in [0.1, 0.15) is 24.8 Å². The van der Waals surface area contributed by atoms with Gasteiger partial charge in [0.05, 0.1) is 7.11 Å². The van der Waals surface area contributed by atoms with E-state index in [0.717, 1.165) is 36.0 Å². The molecule has 2 N–H and O–H groups in total. The molecule has 2 aliphatic rings. The predicted molar refractivity (Wildman–Crippen MR) is 94.9 cm³/mol. The van der Waals surface area contributed by atoms with Crippen molar-refractivity contribution in [1.29, 1.82) is 0 Å². The maximum atomic E-state index is 12.8. The molecule has 0 saturated carbocycles. The van der Waals surface area contributed by atoms with Crippen LogP contribution in [0.15, 0.2) is 42.1 Å². The fourth-order valence-electron chi connectivity index (χ4n) is 3.33. The number of rotatable bonds is 5. The van der Waals surface area contributed by atoms with Crippen molar-refractivity contribution in [1.82, 2.24) is 10.8 Å². The summed E-state index contributed by atoms with van der Waals surface area (Å²) < 4.78 is 1.19. The molecule has 116 valence electrons. The van der Waals surface area contributed by atoms with Crippen LogP contribution in [0.3, 0.4) is 0 Å². The first-order valence-electron chi connectivity index (χ1n) is 7.37. The Morgan fingerprint density at radius 1 is 1.36 bits per heavy atom. The monoisotopic (exact) mass is 410 g/mol. The Labute approximate surface area is 144 Å². The molecule has 0 amide bonds. The van der Waals surface area contributed by atoms with Crippen molar-refractivity contribution >= 4 is 33.9 Å². The van der Waals surface area contributed by atoms with Crippen LogP contribution in [0.5, 0.6) is 0 Å². The van der Waals surface area contributed by atoms with Gasteiger partial charge in [-0.15, -0.1) is 0 Å². The number of nitrogens with one attached hydrogen (secondary N) is 2. The molecule has 1 saturated heterocycles. The topological polar surface area (TPSA) is 50.4 Å². The SMILES string of the molecule is C=C(NOC)C(=O)C1=C(c2ccc(I)cc2)CC2CC[C@@H]1N2. The first-order valence-corrected chi connectivity index (χ1v) is 8.45. The Balaban J connectivity index is 2.03. The third-order valence-electron chi connectivity index (χ3n) is 4.30. The van der Waals surface area contributed by atoms with Gasteiger partial charge in [-0.1, -0.05) is 18.7 Å². The highest BCUT2D eigenvalue weighted by atomic mass is 127. The summed E-state index contributed by atoms with van der Waals surface area (Å²) in [5.74, 6) is -0.0618. The van der Waals surface area contributed by atoms with E-state index < -0.39 is 0 Å². The third kappa shape index (κ3) is 2.98. The maximum absolute atomic E-state index is 12.8. The first kappa shape index (κ1) is 15.7. The van der Waals surface area contributed by atoms with Crippen LogP contribution in [0.2, 0.25) is 0 Å². The smallest absolute Gasteiger partial charge is 0.208 e. The lowest BCUT2D eigenvalue weighted by molar-refractivity contribution is -0.114. The van der Waals surface area contributed by atoms with Gasteiger partial charge in [0.15, 0.2) is 0 Å². The van der Waals surface area contributed by atoms with Crippen molar-refractivity contribution in [2.24, 2.45) is 0 Å². The maximum Gasteiger partial charge on any atom is 0.208 e. The van der Waals surface area contributed by atoms with Crippen molar-refractivity contribution in [3.8, 4) is 0 Å². The van der Waals surface area contributed by atoms with Crippen molar-refractivity contribution in [3.05, 3.63) is 51.2 Å². The minimum absolute atomic E-state index is 0.0618. The van der Waals surface area contributed by atoms with Gasteiger partial charge in [0, 0.05) is 21.2 Å². The number of hydroxylamine groups is 1. The summed E-state index contributed by atoms with van der Waals surface area (Å²) in [5, 5.41) is 3.54. The molecule has 5 heteroatoms. The number of fused-ring (bicyclic) bond motifs is 2. The molecular formula is C17H19IN2O2. The third-order valence-corrected chi connectivity index (χ3v) is 5.02. The number of hydrogen-bond acceptors (Lipinski definition) is 4. The number of carbonyl (C=O) groups is 1. The molecular weight excluding hydrogens is 391 g/mol. The average molecular weight is 410 g/mol. The van der Waals surface area contributed by atoms with E-state index in [1.54, 1.807) is 0 Å². The van der Waals surface area contributed by atoms with Gasteiger partial charge in [0.2, 0.25) is 5.78 Å². The van der Waals surface area contributed by atoms with E-state index in [2.05, 4.69) is 64.2 Å². The van der Waals surface area contributed by atoms with Gasteiger partial charge in [0.1, 0.15) is 5.70 Å². The Morgan fingerprint density at radius 2 is 2.09 bits per heavy atom. The number of halogens is 1. The van der Waals surface area contributed by atoms with Crippen LogP contribution in [0, 0.1) is 3.57 Å². The molecule has 0 radical (unpaired) electrons. The molecule has 1 unspecified atom stereocenters. The zero-order chi connectivity index (χ0) is 15.7. The van der Waals surface area contributed by atoms with E-state index >= 15 is 0 Å². The molecule has 3 rings (SSSR count). The summed E-state index contributed by atoms with van der Waals surface area (Å²) in [4.78, 5) is 17.6. The summed E-state index contributed by atoms with van der Waals surface area (Å²) >= 11 is 2.29. The number of carbonyl (C=O) groups excluding carboxylic acids is 1. The number of Topliss-reactive ketones (excluding diaryl/α,β-unsaturated/α-hetero) is 1. The van der Waals surface area contributed by atoms with Gasteiger partial charge in [-0.25, -0.2) is 0 Å². The van der Waals surface area contributed by atoms with Crippen molar-refractivity contribution in [3.63, 3.8) is 0 Å². The van der Waals surface area contributed by atoms with Gasteiger partial charge < -0.3 is 5.32 Å². The lowest BCUT2D eigenvalue weighted by Crippen LogP contribution is -2.39. The largest absolute Gasteiger partial charge is 0.307 e. The number of hydrogen-bond donors (Lipinski definition) is 2. The molecule has 2 bridgehead atoms. The fraction of sp³-hybridized carbons (Fsp3) is 0.353. The van der Waals surface area contributed by atoms with E-state index in [0.29, 0.717) is 6.04 Å². The lowest BCUT2D eigenvalue weighted by Gasteiger charge is -2.28. The first-order chi connectivity index (χ1) is 10.6. The highest BCUT2D eigenvalue weighted by Crippen LogP contribution is 2.38. The summed E-state index contributed by atoms with van der Waals surface area (Å²) in [7, 11) is 1.48. The Morgan fingerprint density at radius 3 is 2.77 bits per heavy atom. The predicted octanol–water partition coefficient (Wildman–Crippen LogP) is 2.80. The molecule has 4 nitrogen and oxygen atoms in total. The van der Waals surface area contributed by atoms with Crippen LogP contribution in [0.4, 0.5) is 0 Å². The fourth-order valence-corrected chi connectivity index (χ4v) is 3.69. The van der Waals surface area contributed by atoms with Gasteiger partial charge in [-0.3, -0.25) is 15.1 Å². The summed E-state index contributed by atoms with van der Waals surface area (Å²) in [6, 6.07) is 8.95. The second-order valence-electron chi connectivity index (χ2n) is 5.71. The van der Waals surface area contributed by atoms with Gasteiger partial charge in [-0.05, 0) is 65.1 Å². The molecule has 0 spiro atoms. The lowest BCUT2D eigenvalue weighted by atomic mass is 9.87. The molecule has 2 aliphatic heterocycles. The van der Waals surface area contributed by atoms with Crippen molar-refractivity contribution < 1.29 is 9.63 Å². The highest BCUT2D eigenvalue weighted by Gasteiger charge is 2.38. The van der Waals surface area contributed by atoms with E-state index in [-0.39, 0.29) is 17.5 Å². The van der Waals surface area contributed by atoms with E-state index in [1.807, 2.05) is 0 Å².